The third-order valence-corrected chi connectivity index (χ3v) is 4.76. The molecule has 2 aromatic carbocycles. The van der Waals surface area contributed by atoms with Crippen molar-refractivity contribution in [3.63, 3.8) is 0 Å². The predicted molar refractivity (Wildman–Crippen MR) is 110 cm³/mol. The minimum absolute atomic E-state index is 0.0684. The molecule has 4 nitrogen and oxygen atoms in total. The Bertz CT molecular complexity index is 934. The van der Waals surface area contributed by atoms with Crippen LogP contribution in [0.5, 0.6) is 5.75 Å². The second kappa shape index (κ2) is 8.55. The molecule has 0 radical (unpaired) electrons. The van der Waals surface area contributed by atoms with E-state index in [0.29, 0.717) is 0 Å². The number of amides is 1. The van der Waals surface area contributed by atoms with Gasteiger partial charge in [-0.05, 0) is 78.8 Å². The van der Waals surface area contributed by atoms with Gasteiger partial charge in [0, 0.05) is 5.69 Å². The lowest BCUT2D eigenvalue weighted by atomic mass is 9.95. The standard InChI is InChI=1S/C23H26N2O2/c1-14(2)20-12-18(16(4)10-22(20)27-6)11-19(13-24)23(26)25-21-9-7-8-15(3)17(21)5/h7-12,14H,1-6H3,(H,25,26)/b19-11+. The van der Waals surface area contributed by atoms with Crippen molar-refractivity contribution in [2.75, 3.05) is 12.4 Å². The van der Waals surface area contributed by atoms with E-state index in [1.54, 1.807) is 13.2 Å². The van der Waals surface area contributed by atoms with Crippen LogP contribution in [0.4, 0.5) is 5.69 Å². The number of ether oxygens (including phenoxy) is 1. The Balaban J connectivity index is 2.41. The van der Waals surface area contributed by atoms with E-state index in [9.17, 15) is 10.1 Å². The molecular weight excluding hydrogens is 336 g/mol. The SMILES string of the molecule is COc1cc(C)c(/C=C(\C#N)C(=O)Nc2cccc(C)c2C)cc1C(C)C. The summed E-state index contributed by atoms with van der Waals surface area (Å²) in [5, 5.41) is 12.4. The van der Waals surface area contributed by atoms with Crippen LogP contribution in [-0.2, 0) is 4.79 Å². The van der Waals surface area contributed by atoms with E-state index in [1.807, 2.05) is 57.2 Å². The van der Waals surface area contributed by atoms with Gasteiger partial charge < -0.3 is 10.1 Å². The third-order valence-electron chi connectivity index (χ3n) is 4.76. The van der Waals surface area contributed by atoms with Crippen LogP contribution in [0.1, 0.15) is 47.6 Å². The summed E-state index contributed by atoms with van der Waals surface area (Å²) in [4.78, 5) is 12.6. The number of nitrogens with zero attached hydrogens (tertiary/aromatic N) is 1. The first-order chi connectivity index (χ1) is 12.8. The first-order valence-corrected chi connectivity index (χ1v) is 8.96. The van der Waals surface area contributed by atoms with Crippen molar-refractivity contribution in [1.82, 2.24) is 0 Å². The Morgan fingerprint density at radius 2 is 1.89 bits per heavy atom. The molecule has 0 aliphatic carbocycles. The summed E-state index contributed by atoms with van der Waals surface area (Å²) >= 11 is 0. The van der Waals surface area contributed by atoms with E-state index in [2.05, 4.69) is 19.2 Å². The lowest BCUT2D eigenvalue weighted by Gasteiger charge is -2.15. The molecular formula is C23H26N2O2. The molecule has 0 aliphatic heterocycles. The molecule has 0 saturated heterocycles. The topological polar surface area (TPSA) is 62.1 Å². The quantitative estimate of drug-likeness (QED) is 0.581. The molecule has 140 valence electrons. The maximum absolute atomic E-state index is 12.6. The number of methoxy groups -OCH3 is 1. The first kappa shape index (κ1) is 20.3. The van der Waals surface area contributed by atoms with Gasteiger partial charge in [-0.2, -0.15) is 5.26 Å². The van der Waals surface area contributed by atoms with E-state index < -0.39 is 5.91 Å². The highest BCUT2D eigenvalue weighted by molar-refractivity contribution is 6.10. The van der Waals surface area contributed by atoms with Gasteiger partial charge in [0.15, 0.2) is 0 Å². The van der Waals surface area contributed by atoms with Crippen LogP contribution >= 0.6 is 0 Å². The Kier molecular flexibility index (Phi) is 6.41. The highest BCUT2D eigenvalue weighted by Crippen LogP contribution is 2.30. The first-order valence-electron chi connectivity index (χ1n) is 8.96. The van der Waals surface area contributed by atoms with Crippen molar-refractivity contribution in [2.24, 2.45) is 0 Å². The van der Waals surface area contributed by atoms with Crippen molar-refractivity contribution in [2.45, 2.75) is 40.5 Å². The maximum atomic E-state index is 12.6. The number of anilines is 1. The molecule has 0 heterocycles. The van der Waals surface area contributed by atoms with Gasteiger partial charge in [0.05, 0.1) is 7.11 Å². The largest absolute Gasteiger partial charge is 0.496 e. The molecule has 0 bridgehead atoms. The molecule has 2 rings (SSSR count). The van der Waals surface area contributed by atoms with Crippen molar-refractivity contribution in [1.29, 1.82) is 5.26 Å². The van der Waals surface area contributed by atoms with Gasteiger partial charge in [0.1, 0.15) is 17.4 Å². The molecule has 0 aromatic heterocycles. The summed E-state index contributed by atoms with van der Waals surface area (Å²) < 4.78 is 5.46. The van der Waals surface area contributed by atoms with Gasteiger partial charge in [-0.1, -0.05) is 26.0 Å². The van der Waals surface area contributed by atoms with Crippen LogP contribution < -0.4 is 10.1 Å². The van der Waals surface area contributed by atoms with Gasteiger partial charge in [-0.15, -0.1) is 0 Å². The third kappa shape index (κ3) is 4.57. The van der Waals surface area contributed by atoms with E-state index >= 15 is 0 Å². The summed E-state index contributed by atoms with van der Waals surface area (Å²) in [7, 11) is 1.65. The van der Waals surface area contributed by atoms with Crippen LogP contribution in [0.3, 0.4) is 0 Å². The van der Waals surface area contributed by atoms with Crippen molar-refractivity contribution >= 4 is 17.7 Å². The number of hydrogen-bond donors (Lipinski definition) is 1. The van der Waals surface area contributed by atoms with Crippen LogP contribution in [0.25, 0.3) is 6.08 Å². The van der Waals surface area contributed by atoms with Gasteiger partial charge in [-0.25, -0.2) is 0 Å². The van der Waals surface area contributed by atoms with Crippen molar-refractivity contribution in [3.8, 4) is 11.8 Å². The van der Waals surface area contributed by atoms with Crippen molar-refractivity contribution < 1.29 is 9.53 Å². The number of hydrogen-bond acceptors (Lipinski definition) is 3. The summed E-state index contributed by atoms with van der Waals surface area (Å²) in [5.74, 6) is 0.674. The van der Waals surface area contributed by atoms with E-state index in [-0.39, 0.29) is 11.5 Å². The Labute approximate surface area is 161 Å². The van der Waals surface area contributed by atoms with Gasteiger partial charge in [-0.3, -0.25) is 4.79 Å². The summed E-state index contributed by atoms with van der Waals surface area (Å²) in [5.41, 5.74) is 5.69. The molecule has 4 heteroatoms. The second-order valence-electron chi connectivity index (χ2n) is 6.98. The van der Waals surface area contributed by atoms with Crippen molar-refractivity contribution in [3.05, 3.63) is 63.7 Å². The lowest BCUT2D eigenvalue weighted by molar-refractivity contribution is -0.112. The number of rotatable bonds is 5. The highest BCUT2D eigenvalue weighted by Gasteiger charge is 2.14. The molecule has 0 spiro atoms. The summed E-state index contributed by atoms with van der Waals surface area (Å²) in [6.07, 6.45) is 1.64. The number of nitrogens with one attached hydrogen (secondary N) is 1. The zero-order chi connectivity index (χ0) is 20.1. The van der Waals surface area contributed by atoms with Gasteiger partial charge >= 0.3 is 0 Å². The lowest BCUT2D eigenvalue weighted by Crippen LogP contribution is -2.14. The van der Waals surface area contributed by atoms with Crippen LogP contribution in [-0.4, -0.2) is 13.0 Å². The minimum Gasteiger partial charge on any atom is -0.496 e. The van der Waals surface area contributed by atoms with E-state index in [1.165, 1.54) is 0 Å². The fraction of sp³-hybridized carbons (Fsp3) is 0.304. The Morgan fingerprint density at radius 1 is 1.19 bits per heavy atom. The smallest absolute Gasteiger partial charge is 0.266 e. The zero-order valence-corrected chi connectivity index (χ0v) is 16.8. The Morgan fingerprint density at radius 3 is 2.48 bits per heavy atom. The average molecular weight is 362 g/mol. The minimum atomic E-state index is -0.410. The molecule has 1 amide bonds. The van der Waals surface area contributed by atoms with Crippen LogP contribution in [0.2, 0.25) is 0 Å². The van der Waals surface area contributed by atoms with Crippen LogP contribution in [0, 0.1) is 32.1 Å². The summed E-state index contributed by atoms with van der Waals surface area (Å²) in [6, 6.07) is 11.7. The summed E-state index contributed by atoms with van der Waals surface area (Å²) in [6.45, 7) is 10.0. The number of nitriles is 1. The zero-order valence-electron chi connectivity index (χ0n) is 16.8. The average Bonchev–Trinajstić information content (AvgIpc) is 2.63. The molecule has 2 aromatic rings. The maximum Gasteiger partial charge on any atom is 0.266 e. The van der Waals surface area contributed by atoms with Gasteiger partial charge in [0.25, 0.3) is 5.91 Å². The molecule has 27 heavy (non-hydrogen) atoms. The van der Waals surface area contributed by atoms with E-state index in [4.69, 9.17) is 4.74 Å². The van der Waals surface area contributed by atoms with Gasteiger partial charge in [0.2, 0.25) is 0 Å². The normalized spacial score (nSPS) is 11.3. The molecule has 0 atom stereocenters. The molecule has 0 unspecified atom stereocenters. The highest BCUT2D eigenvalue weighted by atomic mass is 16.5. The number of aryl methyl sites for hydroxylation is 2. The molecule has 1 N–H and O–H groups in total. The number of benzene rings is 2. The number of carbonyl (C=O) groups excluding carboxylic acids is 1. The monoisotopic (exact) mass is 362 g/mol. The van der Waals surface area contributed by atoms with Crippen LogP contribution in [0.15, 0.2) is 35.9 Å². The molecule has 0 fully saturated rings. The Hall–Kier alpha value is -3.06. The number of carbonyl (C=O) groups is 1. The predicted octanol–water partition coefficient (Wildman–Crippen LogP) is 5.29. The molecule has 0 saturated carbocycles. The second-order valence-corrected chi connectivity index (χ2v) is 6.98. The van der Waals surface area contributed by atoms with E-state index in [0.717, 1.165) is 39.3 Å². The fourth-order valence-electron chi connectivity index (χ4n) is 2.88. The fourth-order valence-corrected chi connectivity index (χ4v) is 2.88. The molecule has 0 aliphatic rings.